The molecule has 172 valence electrons. The van der Waals surface area contributed by atoms with Gasteiger partial charge in [0.15, 0.2) is 0 Å². The first-order valence-electron chi connectivity index (χ1n) is 11.2. The molecule has 1 aliphatic rings. The van der Waals surface area contributed by atoms with E-state index < -0.39 is 5.56 Å². The molecule has 5 rings (SSSR count). The molecule has 2 N–H and O–H groups in total. The molecule has 1 saturated heterocycles. The zero-order valence-electron chi connectivity index (χ0n) is 18.8. The first-order chi connectivity index (χ1) is 16.5. The summed E-state index contributed by atoms with van der Waals surface area (Å²) < 4.78 is 13.7. The number of H-pyrrole nitrogens is 1. The Kier molecular flexibility index (Phi) is 5.86. The van der Waals surface area contributed by atoms with Crippen LogP contribution in [0.3, 0.4) is 0 Å². The van der Waals surface area contributed by atoms with Crippen LogP contribution in [0.25, 0.3) is 21.9 Å². The van der Waals surface area contributed by atoms with Crippen molar-refractivity contribution in [3.8, 4) is 17.0 Å². The van der Waals surface area contributed by atoms with E-state index in [1.807, 2.05) is 24.3 Å². The highest BCUT2D eigenvalue weighted by molar-refractivity contribution is 6.03. The van der Waals surface area contributed by atoms with Crippen LogP contribution in [-0.2, 0) is 0 Å². The number of benzene rings is 3. The van der Waals surface area contributed by atoms with Gasteiger partial charge in [-0.15, -0.1) is 0 Å². The lowest BCUT2D eigenvalue weighted by atomic mass is 9.99. The van der Waals surface area contributed by atoms with Crippen molar-refractivity contribution < 1.29 is 9.50 Å². The minimum absolute atomic E-state index is 0.258. The zero-order chi connectivity index (χ0) is 23.7. The minimum atomic E-state index is -0.396. The summed E-state index contributed by atoms with van der Waals surface area (Å²) in [5.74, 6) is -0.597. The SMILES string of the molecule is CN1CCN(c2ccc(N=Cc3c(O)[nH]c(=O)c4ccc(-c5cccc(F)c5)cc34)cc2)CC1. The van der Waals surface area contributed by atoms with E-state index in [9.17, 15) is 14.3 Å². The number of nitrogens with zero attached hydrogens (tertiary/aromatic N) is 3. The fourth-order valence-corrected chi connectivity index (χ4v) is 4.27. The molecule has 0 saturated carbocycles. The number of aliphatic imine (C=N–C) groups is 1. The van der Waals surface area contributed by atoms with E-state index >= 15 is 0 Å². The van der Waals surface area contributed by atoms with Crippen LogP contribution in [0.15, 0.2) is 76.5 Å². The second kappa shape index (κ2) is 9.11. The quantitative estimate of drug-likeness (QED) is 0.442. The Morgan fingerprint density at radius 3 is 2.41 bits per heavy atom. The highest BCUT2D eigenvalue weighted by Crippen LogP contribution is 2.28. The molecule has 4 aromatic rings. The van der Waals surface area contributed by atoms with Gasteiger partial charge < -0.3 is 14.9 Å². The highest BCUT2D eigenvalue weighted by atomic mass is 19.1. The maximum Gasteiger partial charge on any atom is 0.258 e. The second-order valence-electron chi connectivity index (χ2n) is 8.55. The molecule has 0 bridgehead atoms. The number of piperazine rings is 1. The topological polar surface area (TPSA) is 71.9 Å². The first kappa shape index (κ1) is 21.9. The van der Waals surface area contributed by atoms with Crippen molar-refractivity contribution in [2.75, 3.05) is 38.1 Å². The Labute approximate surface area is 196 Å². The summed E-state index contributed by atoms with van der Waals surface area (Å²) in [5, 5.41) is 11.5. The summed E-state index contributed by atoms with van der Waals surface area (Å²) in [6, 6.07) is 19.4. The number of halogens is 1. The van der Waals surface area contributed by atoms with Gasteiger partial charge in [-0.1, -0.05) is 18.2 Å². The summed E-state index contributed by atoms with van der Waals surface area (Å²) in [7, 11) is 2.13. The van der Waals surface area contributed by atoms with Crippen molar-refractivity contribution in [3.63, 3.8) is 0 Å². The number of aromatic amines is 1. The van der Waals surface area contributed by atoms with Crippen LogP contribution in [0.4, 0.5) is 15.8 Å². The van der Waals surface area contributed by atoms with Gasteiger partial charge in [0.1, 0.15) is 5.82 Å². The molecule has 7 heteroatoms. The smallest absolute Gasteiger partial charge is 0.258 e. The molecule has 2 heterocycles. The Hall–Kier alpha value is -3.97. The average Bonchev–Trinajstić information content (AvgIpc) is 2.84. The number of rotatable bonds is 4. The number of nitrogens with one attached hydrogen (secondary N) is 1. The van der Waals surface area contributed by atoms with E-state index in [-0.39, 0.29) is 11.7 Å². The van der Waals surface area contributed by atoms with Crippen LogP contribution in [0.2, 0.25) is 0 Å². The van der Waals surface area contributed by atoms with Crippen molar-refractivity contribution in [2.45, 2.75) is 0 Å². The van der Waals surface area contributed by atoms with Gasteiger partial charge in [-0.3, -0.25) is 14.8 Å². The number of likely N-dealkylation sites (N-methyl/N-ethyl adjacent to an activating group) is 1. The van der Waals surface area contributed by atoms with Gasteiger partial charge in [-0.2, -0.15) is 0 Å². The van der Waals surface area contributed by atoms with E-state index in [0.29, 0.717) is 21.9 Å². The number of aromatic hydroxyl groups is 1. The highest BCUT2D eigenvalue weighted by Gasteiger charge is 2.14. The standard InChI is InChI=1S/C27H25FN4O2/c1-31-11-13-32(14-12-31)22-8-6-21(7-9-22)29-17-25-24-16-19(18-3-2-4-20(28)15-18)5-10-23(24)26(33)30-27(25)34/h2-10,15-17H,11-14H2,1H3,(H2,30,33,34). The molecule has 1 fully saturated rings. The number of hydrogen-bond acceptors (Lipinski definition) is 5. The van der Waals surface area contributed by atoms with Gasteiger partial charge in [-0.25, -0.2) is 4.39 Å². The number of hydrogen-bond donors (Lipinski definition) is 2. The number of anilines is 1. The minimum Gasteiger partial charge on any atom is -0.494 e. The summed E-state index contributed by atoms with van der Waals surface area (Å²) in [4.78, 5) is 24.1. The summed E-state index contributed by atoms with van der Waals surface area (Å²) in [6.07, 6.45) is 1.55. The molecule has 0 radical (unpaired) electrons. The molecular weight excluding hydrogens is 431 g/mol. The predicted molar refractivity (Wildman–Crippen MR) is 135 cm³/mol. The molecule has 6 nitrogen and oxygen atoms in total. The summed E-state index contributed by atoms with van der Waals surface area (Å²) in [5.41, 5.74) is 3.32. The maximum atomic E-state index is 13.7. The van der Waals surface area contributed by atoms with Gasteiger partial charge in [0.2, 0.25) is 5.88 Å². The Bertz CT molecular complexity index is 1420. The van der Waals surface area contributed by atoms with E-state index in [1.54, 1.807) is 36.5 Å². The van der Waals surface area contributed by atoms with Gasteiger partial charge in [-0.05, 0) is 66.7 Å². The summed E-state index contributed by atoms with van der Waals surface area (Å²) in [6.45, 7) is 4.06. The van der Waals surface area contributed by atoms with E-state index in [4.69, 9.17) is 0 Å². The van der Waals surface area contributed by atoms with Crippen LogP contribution in [0, 0.1) is 5.82 Å². The maximum absolute atomic E-state index is 13.7. The van der Waals surface area contributed by atoms with Crippen molar-refractivity contribution in [2.24, 2.45) is 4.99 Å². The van der Waals surface area contributed by atoms with Gasteiger partial charge in [0, 0.05) is 48.9 Å². The fourth-order valence-electron chi connectivity index (χ4n) is 4.27. The molecule has 0 amide bonds. The van der Waals surface area contributed by atoms with Gasteiger partial charge in [0.05, 0.1) is 11.3 Å². The third kappa shape index (κ3) is 4.43. The fraction of sp³-hybridized carbons (Fsp3) is 0.185. The Balaban J connectivity index is 1.48. The summed E-state index contributed by atoms with van der Waals surface area (Å²) >= 11 is 0. The van der Waals surface area contributed by atoms with Crippen LogP contribution >= 0.6 is 0 Å². The van der Waals surface area contributed by atoms with E-state index in [1.165, 1.54) is 12.1 Å². The van der Waals surface area contributed by atoms with Gasteiger partial charge in [0.25, 0.3) is 5.56 Å². The van der Waals surface area contributed by atoms with Crippen molar-refractivity contribution in [1.29, 1.82) is 0 Å². The van der Waals surface area contributed by atoms with E-state index in [2.05, 4.69) is 26.8 Å². The van der Waals surface area contributed by atoms with E-state index in [0.717, 1.165) is 43.1 Å². The molecule has 0 aliphatic carbocycles. The largest absolute Gasteiger partial charge is 0.494 e. The predicted octanol–water partition coefficient (Wildman–Crippen LogP) is 4.54. The second-order valence-corrected chi connectivity index (χ2v) is 8.55. The monoisotopic (exact) mass is 456 g/mol. The molecule has 3 aromatic carbocycles. The van der Waals surface area contributed by atoms with Crippen molar-refractivity contribution >= 4 is 28.4 Å². The van der Waals surface area contributed by atoms with Crippen LogP contribution in [-0.4, -0.2) is 54.4 Å². The number of pyridine rings is 1. The van der Waals surface area contributed by atoms with Crippen LogP contribution in [0.1, 0.15) is 5.56 Å². The molecule has 1 aromatic heterocycles. The zero-order valence-corrected chi connectivity index (χ0v) is 18.8. The molecular formula is C27H25FN4O2. The van der Waals surface area contributed by atoms with Crippen molar-refractivity contribution in [3.05, 3.63) is 88.5 Å². The van der Waals surface area contributed by atoms with Crippen LogP contribution < -0.4 is 10.5 Å². The lowest BCUT2D eigenvalue weighted by molar-refractivity contribution is 0.313. The lowest BCUT2D eigenvalue weighted by Gasteiger charge is -2.34. The lowest BCUT2D eigenvalue weighted by Crippen LogP contribution is -2.44. The normalized spacial score (nSPS) is 14.8. The third-order valence-corrected chi connectivity index (χ3v) is 6.26. The van der Waals surface area contributed by atoms with Gasteiger partial charge >= 0.3 is 0 Å². The average molecular weight is 457 g/mol. The molecule has 0 atom stereocenters. The molecule has 0 unspecified atom stereocenters. The Morgan fingerprint density at radius 2 is 1.68 bits per heavy atom. The first-order valence-corrected chi connectivity index (χ1v) is 11.2. The molecule has 0 spiro atoms. The number of aromatic nitrogens is 1. The Morgan fingerprint density at radius 1 is 0.941 bits per heavy atom. The third-order valence-electron chi connectivity index (χ3n) is 6.26. The van der Waals surface area contributed by atoms with Crippen LogP contribution in [0.5, 0.6) is 5.88 Å². The van der Waals surface area contributed by atoms with Crippen molar-refractivity contribution in [1.82, 2.24) is 9.88 Å². The molecule has 1 aliphatic heterocycles. The molecule has 34 heavy (non-hydrogen) atoms. The number of fused-ring (bicyclic) bond motifs is 1.